The van der Waals surface area contributed by atoms with Gasteiger partial charge in [0.25, 0.3) is 0 Å². The fraction of sp³-hybridized carbons (Fsp3) is 0.364. The number of H-pyrrole nitrogens is 1. The Morgan fingerprint density at radius 3 is 2.94 bits per heavy atom. The van der Waals surface area contributed by atoms with E-state index in [0.717, 1.165) is 23.1 Å². The van der Waals surface area contributed by atoms with Gasteiger partial charge < -0.3 is 11.1 Å². The number of hydrogen-bond donors (Lipinski definition) is 3. The lowest BCUT2D eigenvalue weighted by Crippen LogP contribution is -2.08. The molecule has 0 fully saturated rings. The van der Waals surface area contributed by atoms with Crippen LogP contribution in [0.15, 0.2) is 12.1 Å². The van der Waals surface area contributed by atoms with Gasteiger partial charge in [-0.15, -0.1) is 0 Å². The summed E-state index contributed by atoms with van der Waals surface area (Å²) in [6.45, 7) is 5.17. The van der Waals surface area contributed by atoms with Crippen LogP contribution in [0.1, 0.15) is 13.8 Å². The Balaban J connectivity index is 2.43. The third-order valence-corrected chi connectivity index (χ3v) is 2.62. The number of anilines is 2. The quantitative estimate of drug-likeness (QED) is 0.721. The summed E-state index contributed by atoms with van der Waals surface area (Å²) >= 11 is 5.98. The molecule has 16 heavy (non-hydrogen) atoms. The van der Waals surface area contributed by atoms with Gasteiger partial charge in [-0.1, -0.05) is 25.4 Å². The molecule has 0 unspecified atom stereocenters. The number of aromatic nitrogens is 2. The van der Waals surface area contributed by atoms with Crippen LogP contribution in [-0.2, 0) is 0 Å². The Morgan fingerprint density at radius 1 is 1.50 bits per heavy atom. The number of nitrogen functional groups attached to an aromatic ring is 1. The van der Waals surface area contributed by atoms with Gasteiger partial charge in [0.05, 0.1) is 5.69 Å². The zero-order chi connectivity index (χ0) is 11.7. The first kappa shape index (κ1) is 11.1. The Labute approximate surface area is 99.2 Å². The second-order valence-corrected chi connectivity index (χ2v) is 4.65. The van der Waals surface area contributed by atoms with Crippen LogP contribution >= 0.6 is 11.6 Å². The lowest BCUT2D eigenvalue weighted by Gasteiger charge is -2.10. The predicted molar refractivity (Wildman–Crippen MR) is 68.8 cm³/mol. The Kier molecular flexibility index (Phi) is 2.92. The minimum Gasteiger partial charge on any atom is -0.399 e. The molecule has 0 bridgehead atoms. The van der Waals surface area contributed by atoms with Gasteiger partial charge in [-0.05, 0) is 18.1 Å². The minimum atomic E-state index is 0.523. The van der Waals surface area contributed by atoms with Crippen molar-refractivity contribution in [2.45, 2.75) is 13.8 Å². The average molecular weight is 239 g/mol. The first-order chi connectivity index (χ1) is 7.58. The lowest BCUT2D eigenvalue weighted by atomic mass is 10.2. The zero-order valence-corrected chi connectivity index (χ0v) is 10.1. The van der Waals surface area contributed by atoms with Gasteiger partial charge >= 0.3 is 0 Å². The highest BCUT2D eigenvalue weighted by Crippen LogP contribution is 2.29. The molecule has 0 saturated heterocycles. The van der Waals surface area contributed by atoms with Crippen LogP contribution in [0.5, 0.6) is 0 Å². The number of nitrogens with one attached hydrogen (secondary N) is 2. The molecule has 1 aromatic heterocycles. The summed E-state index contributed by atoms with van der Waals surface area (Å²) in [5, 5.41) is 11.6. The SMILES string of the molecule is CC(C)CNc1cc(N)cc2c(Cl)[nH]nc12. The Morgan fingerprint density at radius 2 is 2.25 bits per heavy atom. The fourth-order valence-electron chi connectivity index (χ4n) is 1.56. The van der Waals surface area contributed by atoms with Crippen LogP contribution in [-0.4, -0.2) is 16.7 Å². The number of halogens is 1. The maximum absolute atomic E-state index is 5.98. The zero-order valence-electron chi connectivity index (χ0n) is 9.34. The van der Waals surface area contributed by atoms with Gasteiger partial charge in [0.1, 0.15) is 10.7 Å². The molecule has 0 aliphatic rings. The highest BCUT2D eigenvalue weighted by molar-refractivity contribution is 6.34. The maximum Gasteiger partial charge on any atom is 0.132 e. The molecule has 2 rings (SSSR count). The van der Waals surface area contributed by atoms with E-state index < -0.39 is 0 Å². The molecule has 5 heteroatoms. The van der Waals surface area contributed by atoms with E-state index in [1.165, 1.54) is 0 Å². The predicted octanol–water partition coefficient (Wildman–Crippen LogP) is 2.87. The molecule has 0 radical (unpaired) electrons. The van der Waals surface area contributed by atoms with Crippen molar-refractivity contribution in [2.24, 2.45) is 5.92 Å². The van der Waals surface area contributed by atoms with E-state index in [9.17, 15) is 0 Å². The van der Waals surface area contributed by atoms with Crippen LogP contribution in [0.3, 0.4) is 0 Å². The van der Waals surface area contributed by atoms with E-state index in [1.807, 2.05) is 12.1 Å². The lowest BCUT2D eigenvalue weighted by molar-refractivity contribution is 0.689. The molecule has 0 saturated carbocycles. The van der Waals surface area contributed by atoms with E-state index in [4.69, 9.17) is 17.3 Å². The topological polar surface area (TPSA) is 66.7 Å². The molecule has 0 atom stereocenters. The molecule has 0 spiro atoms. The number of rotatable bonds is 3. The summed E-state index contributed by atoms with van der Waals surface area (Å²) in [6.07, 6.45) is 0. The van der Waals surface area contributed by atoms with Gasteiger partial charge in [-0.3, -0.25) is 5.10 Å². The van der Waals surface area contributed by atoms with E-state index in [2.05, 4.69) is 29.4 Å². The van der Waals surface area contributed by atoms with Gasteiger partial charge in [0, 0.05) is 17.6 Å². The molecule has 0 aliphatic carbocycles. The molecule has 0 amide bonds. The molecule has 1 aromatic carbocycles. The number of hydrogen-bond acceptors (Lipinski definition) is 3. The van der Waals surface area contributed by atoms with Crippen LogP contribution < -0.4 is 11.1 Å². The molecule has 4 nitrogen and oxygen atoms in total. The van der Waals surface area contributed by atoms with E-state index in [1.54, 1.807) is 0 Å². The summed E-state index contributed by atoms with van der Waals surface area (Å²) in [4.78, 5) is 0. The van der Waals surface area contributed by atoms with Crippen LogP contribution in [0.2, 0.25) is 5.15 Å². The molecule has 4 N–H and O–H groups in total. The summed E-state index contributed by atoms with van der Waals surface area (Å²) in [7, 11) is 0. The first-order valence-electron chi connectivity index (χ1n) is 5.25. The summed E-state index contributed by atoms with van der Waals surface area (Å²) in [5.41, 5.74) is 8.26. The number of nitrogens with two attached hydrogens (primary N) is 1. The van der Waals surface area contributed by atoms with Crippen molar-refractivity contribution in [1.82, 2.24) is 10.2 Å². The Hall–Kier alpha value is -1.42. The maximum atomic E-state index is 5.98. The van der Waals surface area contributed by atoms with Gasteiger partial charge in [0.15, 0.2) is 0 Å². The number of nitrogens with zero attached hydrogens (tertiary/aromatic N) is 1. The normalized spacial score (nSPS) is 11.2. The smallest absolute Gasteiger partial charge is 0.132 e. The van der Waals surface area contributed by atoms with Gasteiger partial charge in [-0.25, -0.2) is 0 Å². The number of aromatic amines is 1. The van der Waals surface area contributed by atoms with Crippen molar-refractivity contribution in [3.8, 4) is 0 Å². The average Bonchev–Trinajstić information content (AvgIpc) is 2.57. The van der Waals surface area contributed by atoms with Crippen LogP contribution in [0.4, 0.5) is 11.4 Å². The standard InChI is InChI=1S/C11H15ClN4/c1-6(2)5-14-9-4-7(13)3-8-10(9)15-16-11(8)12/h3-4,6,14H,5,13H2,1-2H3,(H,15,16). The minimum absolute atomic E-state index is 0.523. The number of benzene rings is 1. The van der Waals surface area contributed by atoms with Crippen LogP contribution in [0, 0.1) is 5.92 Å². The third-order valence-electron chi connectivity index (χ3n) is 2.34. The molecular weight excluding hydrogens is 224 g/mol. The van der Waals surface area contributed by atoms with Crippen molar-refractivity contribution in [3.05, 3.63) is 17.3 Å². The third kappa shape index (κ3) is 2.07. The highest BCUT2D eigenvalue weighted by atomic mass is 35.5. The molecular formula is C11H15ClN4. The second-order valence-electron chi connectivity index (χ2n) is 4.28. The first-order valence-corrected chi connectivity index (χ1v) is 5.62. The molecule has 86 valence electrons. The molecule has 1 heterocycles. The number of fused-ring (bicyclic) bond motifs is 1. The highest BCUT2D eigenvalue weighted by Gasteiger charge is 2.09. The van der Waals surface area contributed by atoms with Gasteiger partial charge in [-0.2, -0.15) is 5.10 Å². The monoisotopic (exact) mass is 238 g/mol. The summed E-state index contributed by atoms with van der Waals surface area (Å²) < 4.78 is 0. The summed E-state index contributed by atoms with van der Waals surface area (Å²) in [5.74, 6) is 0.561. The fourth-order valence-corrected chi connectivity index (χ4v) is 1.74. The van der Waals surface area contributed by atoms with Crippen molar-refractivity contribution < 1.29 is 0 Å². The van der Waals surface area contributed by atoms with Gasteiger partial charge in [0.2, 0.25) is 0 Å². The van der Waals surface area contributed by atoms with E-state index in [-0.39, 0.29) is 0 Å². The molecule has 2 aromatic rings. The van der Waals surface area contributed by atoms with Crippen molar-refractivity contribution in [2.75, 3.05) is 17.6 Å². The van der Waals surface area contributed by atoms with Crippen molar-refractivity contribution in [3.63, 3.8) is 0 Å². The largest absolute Gasteiger partial charge is 0.399 e. The Bertz CT molecular complexity index is 504. The van der Waals surface area contributed by atoms with Crippen molar-refractivity contribution >= 4 is 33.9 Å². The van der Waals surface area contributed by atoms with Crippen molar-refractivity contribution in [1.29, 1.82) is 0 Å². The molecule has 0 aliphatic heterocycles. The second kappa shape index (κ2) is 4.22. The summed E-state index contributed by atoms with van der Waals surface area (Å²) in [6, 6.07) is 3.70. The van der Waals surface area contributed by atoms with E-state index in [0.29, 0.717) is 16.8 Å². The van der Waals surface area contributed by atoms with Crippen LogP contribution in [0.25, 0.3) is 10.9 Å². The van der Waals surface area contributed by atoms with E-state index >= 15 is 0 Å².